The lowest BCUT2D eigenvalue weighted by Crippen LogP contribution is -2.43. The van der Waals surface area contributed by atoms with Crippen LogP contribution in [0.15, 0.2) is 0 Å². The summed E-state index contributed by atoms with van der Waals surface area (Å²) < 4.78 is 0. The highest BCUT2D eigenvalue weighted by atomic mass is 31.1. The van der Waals surface area contributed by atoms with Crippen molar-refractivity contribution in [3.8, 4) is 0 Å². The fourth-order valence-electron chi connectivity index (χ4n) is 1.19. The number of hydrogen-bond acceptors (Lipinski definition) is 2. The van der Waals surface area contributed by atoms with Gasteiger partial charge in [0.25, 0.3) is 0 Å². The Morgan fingerprint density at radius 1 is 1.50 bits per heavy atom. The van der Waals surface area contributed by atoms with Gasteiger partial charge < -0.3 is 5.32 Å². The second-order valence-corrected chi connectivity index (χ2v) is 4.86. The Hall–Kier alpha value is 0.0900. The third kappa shape index (κ3) is 2.78. The molecule has 0 aromatic rings. The topological polar surface area (TPSA) is 15.3 Å². The first-order chi connectivity index (χ1) is 4.79. The van der Waals surface area contributed by atoms with Crippen LogP contribution in [-0.4, -0.2) is 50.3 Å². The van der Waals surface area contributed by atoms with Crippen molar-refractivity contribution in [3.05, 3.63) is 0 Å². The Morgan fingerprint density at radius 2 is 2.10 bits per heavy atom. The zero-order valence-electron chi connectivity index (χ0n) is 6.64. The van der Waals surface area contributed by atoms with Crippen LogP contribution >= 0.6 is 7.55 Å². The maximum Gasteiger partial charge on any atom is 0.159 e. The van der Waals surface area contributed by atoms with Gasteiger partial charge in [-0.15, -0.1) is 0 Å². The third-order valence-corrected chi connectivity index (χ3v) is 2.53. The summed E-state index contributed by atoms with van der Waals surface area (Å²) in [5, 5.41) is 3.33. The molecule has 58 valence electrons. The lowest BCUT2D eigenvalue weighted by Gasteiger charge is -2.23. The van der Waals surface area contributed by atoms with Crippen LogP contribution in [0.25, 0.3) is 0 Å². The summed E-state index contributed by atoms with van der Waals surface area (Å²) >= 11 is 0. The van der Waals surface area contributed by atoms with E-state index in [1.165, 1.54) is 19.4 Å². The molecule has 1 atom stereocenters. The number of nitrogens with one attached hydrogen (secondary N) is 1. The highest BCUT2D eigenvalue weighted by Crippen LogP contribution is 2.14. The molecule has 1 N–H and O–H groups in total. The van der Waals surface area contributed by atoms with E-state index in [1.807, 2.05) is 0 Å². The van der Waals surface area contributed by atoms with Crippen molar-refractivity contribution >= 4 is 13.8 Å². The standard InChI is InChI=1S/C7H16N2P/c1-10(2)7-9-5-3-8-4-6-9/h8H,1,3-7H2,2H3/q+1. The minimum absolute atomic E-state index is 0.0248. The molecule has 1 saturated heterocycles. The molecule has 0 spiro atoms. The van der Waals surface area contributed by atoms with Crippen LogP contribution in [0.2, 0.25) is 0 Å². The van der Waals surface area contributed by atoms with E-state index >= 15 is 0 Å². The van der Waals surface area contributed by atoms with Gasteiger partial charge in [-0.3, -0.25) is 4.90 Å². The first kappa shape index (κ1) is 8.19. The van der Waals surface area contributed by atoms with Crippen molar-refractivity contribution in [1.82, 2.24) is 10.2 Å². The molecule has 3 heteroatoms. The van der Waals surface area contributed by atoms with Crippen molar-refractivity contribution in [1.29, 1.82) is 0 Å². The van der Waals surface area contributed by atoms with Gasteiger partial charge in [-0.05, 0) is 0 Å². The van der Waals surface area contributed by atoms with Crippen molar-refractivity contribution < 1.29 is 0 Å². The number of piperazine rings is 1. The van der Waals surface area contributed by atoms with Crippen LogP contribution < -0.4 is 5.32 Å². The quantitative estimate of drug-likeness (QED) is 0.586. The molecule has 1 rings (SSSR count). The number of rotatable bonds is 2. The molecular formula is C7H16N2P+. The summed E-state index contributed by atoms with van der Waals surface area (Å²) in [6.45, 7) is 6.97. The van der Waals surface area contributed by atoms with Crippen LogP contribution in [0.3, 0.4) is 0 Å². The van der Waals surface area contributed by atoms with Crippen molar-refractivity contribution in [3.63, 3.8) is 0 Å². The molecule has 0 bridgehead atoms. The van der Waals surface area contributed by atoms with E-state index < -0.39 is 0 Å². The van der Waals surface area contributed by atoms with E-state index in [-0.39, 0.29) is 7.55 Å². The molecule has 10 heavy (non-hydrogen) atoms. The van der Waals surface area contributed by atoms with Crippen LogP contribution in [0.5, 0.6) is 0 Å². The molecule has 1 fully saturated rings. The summed E-state index contributed by atoms with van der Waals surface area (Å²) in [5.41, 5.74) is 0. The smallest absolute Gasteiger partial charge is 0.159 e. The van der Waals surface area contributed by atoms with Gasteiger partial charge in [-0.2, -0.15) is 0 Å². The number of nitrogens with zero attached hydrogens (tertiary/aromatic N) is 1. The van der Waals surface area contributed by atoms with E-state index in [0.29, 0.717) is 0 Å². The molecular weight excluding hydrogens is 143 g/mol. The van der Waals surface area contributed by atoms with E-state index in [1.54, 1.807) is 0 Å². The van der Waals surface area contributed by atoms with Crippen LogP contribution in [0.4, 0.5) is 0 Å². The van der Waals surface area contributed by atoms with Gasteiger partial charge in [0.05, 0.1) is 20.5 Å². The molecule has 0 aliphatic carbocycles. The van der Waals surface area contributed by atoms with Gasteiger partial charge >= 0.3 is 0 Å². The van der Waals surface area contributed by atoms with Crippen LogP contribution in [-0.2, 0) is 0 Å². The van der Waals surface area contributed by atoms with Gasteiger partial charge in [0.1, 0.15) is 0 Å². The summed E-state index contributed by atoms with van der Waals surface area (Å²) in [4.78, 5) is 2.50. The monoisotopic (exact) mass is 159 g/mol. The third-order valence-electron chi connectivity index (χ3n) is 1.65. The molecule has 0 aromatic carbocycles. The lowest BCUT2D eigenvalue weighted by atomic mass is 10.4. The maximum absolute atomic E-state index is 4.04. The average molecular weight is 159 g/mol. The van der Waals surface area contributed by atoms with E-state index in [9.17, 15) is 0 Å². The number of hydrogen-bond donors (Lipinski definition) is 1. The first-order valence-corrected chi connectivity index (χ1v) is 5.89. The molecule has 0 amide bonds. The largest absolute Gasteiger partial charge is 0.314 e. The van der Waals surface area contributed by atoms with Crippen LogP contribution in [0.1, 0.15) is 0 Å². The van der Waals surface area contributed by atoms with E-state index in [4.69, 9.17) is 0 Å². The van der Waals surface area contributed by atoms with Crippen LogP contribution in [0, 0.1) is 0 Å². The van der Waals surface area contributed by atoms with Crippen molar-refractivity contribution in [2.75, 3.05) is 39.1 Å². The van der Waals surface area contributed by atoms with Crippen molar-refractivity contribution in [2.24, 2.45) is 0 Å². The molecule has 0 aromatic heterocycles. The molecule has 2 nitrogen and oxygen atoms in total. The summed E-state index contributed by atoms with van der Waals surface area (Å²) in [7, 11) is 0.0248. The van der Waals surface area contributed by atoms with Gasteiger partial charge in [0, 0.05) is 26.2 Å². The Kier molecular flexibility index (Phi) is 3.33. The van der Waals surface area contributed by atoms with E-state index in [2.05, 4.69) is 23.2 Å². The average Bonchev–Trinajstić information content (AvgIpc) is 1.88. The van der Waals surface area contributed by atoms with Gasteiger partial charge in [-0.25, -0.2) is 0 Å². The Balaban J connectivity index is 2.19. The second kappa shape index (κ2) is 4.07. The Bertz CT molecular complexity index is 119. The summed E-state index contributed by atoms with van der Waals surface area (Å²) in [6, 6.07) is 0. The molecule has 1 aliphatic rings. The predicted octanol–water partition coefficient (Wildman–Crippen LogP) is 0.393. The Labute approximate surface area is 64.0 Å². The molecule has 1 heterocycles. The summed E-state index contributed by atoms with van der Waals surface area (Å²) in [5.74, 6) is 0. The predicted molar refractivity (Wildman–Crippen MR) is 49.3 cm³/mol. The fraction of sp³-hybridized carbons (Fsp3) is 0.857. The van der Waals surface area contributed by atoms with Gasteiger partial charge in [0.2, 0.25) is 0 Å². The maximum atomic E-state index is 4.04. The van der Waals surface area contributed by atoms with Crippen molar-refractivity contribution in [2.45, 2.75) is 0 Å². The minimum Gasteiger partial charge on any atom is -0.314 e. The second-order valence-electron chi connectivity index (χ2n) is 2.87. The highest BCUT2D eigenvalue weighted by molar-refractivity contribution is 7.54. The normalized spacial score (nSPS) is 22.7. The molecule has 1 unspecified atom stereocenters. The highest BCUT2D eigenvalue weighted by Gasteiger charge is 2.12. The van der Waals surface area contributed by atoms with Gasteiger partial charge in [0.15, 0.2) is 6.29 Å². The molecule has 1 aliphatic heterocycles. The minimum atomic E-state index is 0.0248. The first-order valence-electron chi connectivity index (χ1n) is 3.74. The lowest BCUT2D eigenvalue weighted by molar-refractivity contribution is 0.279. The fourth-order valence-corrected chi connectivity index (χ4v) is 2.16. The van der Waals surface area contributed by atoms with Gasteiger partial charge in [-0.1, -0.05) is 0 Å². The molecule has 0 saturated carbocycles. The SMILES string of the molecule is C=[P+](C)CN1CCNCC1. The Morgan fingerprint density at radius 3 is 2.60 bits per heavy atom. The summed E-state index contributed by atoms with van der Waals surface area (Å²) in [6.07, 6.45) is 5.25. The van der Waals surface area contributed by atoms with E-state index in [0.717, 1.165) is 13.1 Å². The molecule has 0 radical (unpaired) electrons. The zero-order valence-corrected chi connectivity index (χ0v) is 7.53. The zero-order chi connectivity index (χ0) is 7.40.